The molecule has 0 saturated carbocycles. The predicted molar refractivity (Wildman–Crippen MR) is 99.2 cm³/mol. The van der Waals surface area contributed by atoms with Crippen LogP contribution in [0, 0.1) is 6.92 Å². The van der Waals surface area contributed by atoms with Gasteiger partial charge in [0.25, 0.3) is 0 Å². The Kier molecular flexibility index (Phi) is 6.81. The van der Waals surface area contributed by atoms with E-state index >= 15 is 0 Å². The monoisotopic (exact) mass is 328 g/mol. The van der Waals surface area contributed by atoms with Crippen LogP contribution in [0.5, 0.6) is 0 Å². The van der Waals surface area contributed by atoms with Crippen LogP contribution in [0.15, 0.2) is 55.6 Å². The lowest BCUT2D eigenvalue weighted by atomic mass is 10.1. The van der Waals surface area contributed by atoms with Gasteiger partial charge in [0, 0.05) is 38.6 Å². The van der Waals surface area contributed by atoms with Gasteiger partial charge in [-0.15, -0.1) is 6.58 Å². The van der Waals surface area contributed by atoms with Crippen LogP contribution in [-0.2, 0) is 13.1 Å². The quantitative estimate of drug-likeness (QED) is 0.596. The molecule has 0 aliphatic rings. The van der Waals surface area contributed by atoms with E-state index in [0.717, 1.165) is 31.2 Å². The summed E-state index contributed by atoms with van der Waals surface area (Å²) in [6.07, 6.45) is 8.48. The number of aromatic nitrogens is 2. The second-order valence-electron chi connectivity index (χ2n) is 5.48. The topological polar surface area (TPSA) is 33.1 Å². The summed E-state index contributed by atoms with van der Waals surface area (Å²) in [7, 11) is 0. The van der Waals surface area contributed by atoms with Crippen molar-refractivity contribution in [1.29, 1.82) is 0 Å². The van der Waals surface area contributed by atoms with Crippen LogP contribution in [0.3, 0.4) is 0 Å². The third-order valence-electron chi connectivity index (χ3n) is 3.71. The summed E-state index contributed by atoms with van der Waals surface area (Å²) in [5.41, 5.74) is 2.59. The maximum absolute atomic E-state index is 5.54. The molecule has 0 fully saturated rings. The average Bonchev–Trinajstić information content (AvgIpc) is 3.07. The highest BCUT2D eigenvalue weighted by Gasteiger charge is 2.11. The van der Waals surface area contributed by atoms with Gasteiger partial charge in [-0.25, -0.2) is 4.98 Å². The van der Waals surface area contributed by atoms with Gasteiger partial charge in [-0.1, -0.05) is 30.3 Å². The summed E-state index contributed by atoms with van der Waals surface area (Å²) in [6.45, 7) is 9.21. The zero-order chi connectivity index (χ0) is 16.5. The first-order valence-electron chi connectivity index (χ1n) is 7.84. The Bertz CT molecular complexity index is 622. The number of imidazole rings is 1. The number of aryl methyl sites for hydroxylation is 2. The van der Waals surface area contributed by atoms with Crippen molar-refractivity contribution in [3.05, 3.63) is 66.8 Å². The minimum Gasteiger partial charge on any atom is -0.359 e. The average molecular weight is 328 g/mol. The van der Waals surface area contributed by atoms with Crippen molar-refractivity contribution < 1.29 is 0 Å². The Morgan fingerprint density at radius 2 is 2.26 bits per heavy atom. The Labute approximate surface area is 143 Å². The largest absolute Gasteiger partial charge is 0.359 e. The van der Waals surface area contributed by atoms with E-state index in [2.05, 4.69) is 57.5 Å². The molecule has 4 nitrogen and oxygen atoms in total. The maximum atomic E-state index is 5.54. The third-order valence-corrected chi connectivity index (χ3v) is 4.11. The minimum absolute atomic E-state index is 0.685. The van der Waals surface area contributed by atoms with E-state index in [4.69, 9.17) is 12.2 Å². The molecule has 0 aliphatic heterocycles. The summed E-state index contributed by atoms with van der Waals surface area (Å²) >= 11 is 5.54. The fourth-order valence-electron chi connectivity index (χ4n) is 2.38. The first-order chi connectivity index (χ1) is 11.2. The number of hydrogen-bond donors (Lipinski definition) is 1. The highest BCUT2D eigenvalue weighted by atomic mass is 32.1. The highest BCUT2D eigenvalue weighted by molar-refractivity contribution is 7.80. The van der Waals surface area contributed by atoms with Gasteiger partial charge in [0.1, 0.15) is 0 Å². The Hall–Kier alpha value is -2.14. The molecule has 2 rings (SSSR count). The number of rotatable bonds is 8. The van der Waals surface area contributed by atoms with E-state index in [1.54, 1.807) is 6.20 Å². The summed E-state index contributed by atoms with van der Waals surface area (Å²) in [6, 6.07) is 8.44. The van der Waals surface area contributed by atoms with E-state index in [1.165, 1.54) is 11.1 Å². The molecule has 0 bridgehead atoms. The van der Waals surface area contributed by atoms with E-state index in [9.17, 15) is 0 Å². The van der Waals surface area contributed by atoms with Gasteiger partial charge in [-0.2, -0.15) is 0 Å². The zero-order valence-electron chi connectivity index (χ0n) is 13.6. The summed E-state index contributed by atoms with van der Waals surface area (Å²) in [5, 5.41) is 4.01. The molecule has 122 valence electrons. The fraction of sp³-hybridized carbons (Fsp3) is 0.333. The number of nitrogens with zero attached hydrogens (tertiary/aromatic N) is 3. The summed E-state index contributed by atoms with van der Waals surface area (Å²) in [4.78, 5) is 6.30. The smallest absolute Gasteiger partial charge is 0.169 e. The zero-order valence-corrected chi connectivity index (χ0v) is 14.4. The van der Waals surface area contributed by atoms with Crippen LogP contribution in [0.2, 0.25) is 0 Å². The SMILES string of the molecule is C=CCNC(=S)N(CCCn1ccnc1)Cc1ccccc1C. The molecule has 23 heavy (non-hydrogen) atoms. The molecule has 0 unspecified atom stereocenters. The Balaban J connectivity index is 1.97. The fourth-order valence-corrected chi connectivity index (χ4v) is 2.62. The van der Waals surface area contributed by atoms with Crippen LogP contribution in [0.1, 0.15) is 17.5 Å². The first kappa shape index (κ1) is 17.2. The van der Waals surface area contributed by atoms with Crippen molar-refractivity contribution in [2.24, 2.45) is 0 Å². The van der Waals surface area contributed by atoms with Crippen molar-refractivity contribution in [2.75, 3.05) is 13.1 Å². The molecule has 0 amide bonds. The lowest BCUT2D eigenvalue weighted by molar-refractivity contribution is 0.385. The van der Waals surface area contributed by atoms with E-state index in [1.807, 2.05) is 18.6 Å². The summed E-state index contributed by atoms with van der Waals surface area (Å²) in [5.74, 6) is 0. The summed E-state index contributed by atoms with van der Waals surface area (Å²) < 4.78 is 2.09. The van der Waals surface area contributed by atoms with Crippen molar-refractivity contribution >= 4 is 17.3 Å². The minimum atomic E-state index is 0.685. The van der Waals surface area contributed by atoms with Gasteiger partial charge >= 0.3 is 0 Å². The van der Waals surface area contributed by atoms with Crippen LogP contribution < -0.4 is 5.32 Å². The van der Waals surface area contributed by atoms with E-state index in [0.29, 0.717) is 6.54 Å². The first-order valence-corrected chi connectivity index (χ1v) is 8.25. The second-order valence-corrected chi connectivity index (χ2v) is 5.86. The van der Waals surface area contributed by atoms with Gasteiger partial charge < -0.3 is 14.8 Å². The Morgan fingerprint density at radius 1 is 1.43 bits per heavy atom. The van der Waals surface area contributed by atoms with Gasteiger partial charge in [-0.3, -0.25) is 0 Å². The highest BCUT2D eigenvalue weighted by Crippen LogP contribution is 2.11. The molecule has 0 atom stereocenters. The van der Waals surface area contributed by atoms with Gasteiger partial charge in [0.15, 0.2) is 5.11 Å². The van der Waals surface area contributed by atoms with Crippen LogP contribution in [0.25, 0.3) is 0 Å². The molecular weight excluding hydrogens is 304 g/mol. The second kappa shape index (κ2) is 9.10. The molecule has 1 N–H and O–H groups in total. The molecule has 0 spiro atoms. The normalized spacial score (nSPS) is 10.3. The lowest BCUT2D eigenvalue weighted by Gasteiger charge is -2.26. The molecule has 1 heterocycles. The molecule has 0 radical (unpaired) electrons. The van der Waals surface area contributed by atoms with E-state index < -0.39 is 0 Å². The van der Waals surface area contributed by atoms with Gasteiger partial charge in [0.2, 0.25) is 0 Å². The van der Waals surface area contributed by atoms with E-state index in [-0.39, 0.29) is 0 Å². The lowest BCUT2D eigenvalue weighted by Crippen LogP contribution is -2.40. The number of benzene rings is 1. The molecule has 5 heteroatoms. The Morgan fingerprint density at radius 3 is 2.96 bits per heavy atom. The van der Waals surface area contributed by atoms with Crippen LogP contribution >= 0.6 is 12.2 Å². The maximum Gasteiger partial charge on any atom is 0.169 e. The molecular formula is C18H24N4S. The van der Waals surface area contributed by atoms with Crippen molar-refractivity contribution in [2.45, 2.75) is 26.4 Å². The molecule has 0 aliphatic carbocycles. The van der Waals surface area contributed by atoms with Crippen molar-refractivity contribution in [1.82, 2.24) is 19.8 Å². The number of hydrogen-bond acceptors (Lipinski definition) is 2. The number of thiocarbonyl (C=S) groups is 1. The van der Waals surface area contributed by atoms with Gasteiger partial charge in [-0.05, 0) is 36.7 Å². The predicted octanol–water partition coefficient (Wildman–Crippen LogP) is 3.14. The molecule has 2 aromatic rings. The van der Waals surface area contributed by atoms with Crippen molar-refractivity contribution in [3.63, 3.8) is 0 Å². The molecule has 1 aromatic carbocycles. The third kappa shape index (κ3) is 5.53. The standard InChI is InChI=1S/C18H24N4S/c1-3-9-20-18(23)22(12-6-11-21-13-10-19-15-21)14-17-8-5-4-7-16(17)2/h3-5,7-8,10,13,15H,1,6,9,11-12,14H2,2H3,(H,20,23). The van der Waals surface area contributed by atoms with Gasteiger partial charge in [0.05, 0.1) is 6.33 Å². The molecule has 0 saturated heterocycles. The van der Waals surface area contributed by atoms with Crippen molar-refractivity contribution in [3.8, 4) is 0 Å². The van der Waals surface area contributed by atoms with Crippen LogP contribution in [-0.4, -0.2) is 32.7 Å². The molecule has 1 aromatic heterocycles. The number of nitrogens with one attached hydrogen (secondary N) is 1. The van der Waals surface area contributed by atoms with Crippen LogP contribution in [0.4, 0.5) is 0 Å².